The molecular weight excluding hydrogens is 448 g/mol. The van der Waals surface area contributed by atoms with Crippen molar-refractivity contribution < 1.29 is 22.4 Å². The molecule has 0 spiro atoms. The minimum Gasteiger partial charge on any atom is -0.332 e. The van der Waals surface area contributed by atoms with E-state index in [2.05, 4.69) is 4.98 Å². The van der Waals surface area contributed by atoms with Crippen molar-refractivity contribution in [2.75, 3.05) is 0 Å². The van der Waals surface area contributed by atoms with Crippen LogP contribution in [0.25, 0.3) is 11.0 Å². The van der Waals surface area contributed by atoms with E-state index in [1.807, 2.05) is 6.07 Å². The van der Waals surface area contributed by atoms with E-state index < -0.39 is 30.3 Å². The molecule has 0 saturated heterocycles. The van der Waals surface area contributed by atoms with Gasteiger partial charge in [-0.3, -0.25) is 4.79 Å². The minimum atomic E-state index is -4.75. The van der Waals surface area contributed by atoms with Gasteiger partial charge >= 0.3 is 6.18 Å². The number of carbonyl (C=O) groups excluding carboxylic acids is 1. The van der Waals surface area contributed by atoms with Crippen LogP contribution in [0.3, 0.4) is 0 Å². The van der Waals surface area contributed by atoms with Gasteiger partial charge in [0.25, 0.3) is 0 Å². The van der Waals surface area contributed by atoms with Crippen molar-refractivity contribution in [1.82, 2.24) is 14.5 Å². The van der Waals surface area contributed by atoms with Gasteiger partial charge in [0.2, 0.25) is 11.7 Å². The van der Waals surface area contributed by atoms with Crippen LogP contribution >= 0.6 is 0 Å². The normalized spacial score (nSPS) is 11.4. The highest BCUT2D eigenvalue weighted by atomic mass is 19.4. The van der Waals surface area contributed by atoms with E-state index in [0.29, 0.717) is 16.7 Å². The number of aromatic nitrogens is 2. The fourth-order valence-corrected chi connectivity index (χ4v) is 3.68. The molecule has 4 rings (SSSR count). The predicted octanol–water partition coefficient (Wildman–Crippen LogP) is 5.29. The number of imidazole rings is 1. The molecule has 172 valence electrons. The SMILES string of the molecule is N#Cc1ccc(CN(Cc2cccc(F)c2)C(=O)Cn2c(C(F)(F)F)nc3ccccc32)cc1. The Balaban J connectivity index is 1.68. The highest BCUT2D eigenvalue weighted by molar-refractivity contribution is 5.81. The summed E-state index contributed by atoms with van der Waals surface area (Å²) in [6.07, 6.45) is -4.75. The van der Waals surface area contributed by atoms with Crippen LogP contribution < -0.4 is 0 Å². The summed E-state index contributed by atoms with van der Waals surface area (Å²) in [6, 6.07) is 20.3. The van der Waals surface area contributed by atoms with Gasteiger partial charge in [0.05, 0.1) is 22.7 Å². The van der Waals surface area contributed by atoms with Crippen molar-refractivity contribution in [2.45, 2.75) is 25.8 Å². The number of hydrogen-bond acceptors (Lipinski definition) is 3. The molecular formula is C25H18F4N4O. The zero-order chi connectivity index (χ0) is 24.3. The van der Waals surface area contributed by atoms with Crippen molar-refractivity contribution in [2.24, 2.45) is 0 Å². The Bertz CT molecular complexity index is 1370. The van der Waals surface area contributed by atoms with Crippen molar-refractivity contribution in [1.29, 1.82) is 5.26 Å². The van der Waals surface area contributed by atoms with E-state index in [1.54, 1.807) is 42.5 Å². The van der Waals surface area contributed by atoms with Gasteiger partial charge in [-0.15, -0.1) is 0 Å². The molecule has 3 aromatic carbocycles. The number of benzene rings is 3. The Labute approximate surface area is 192 Å². The van der Waals surface area contributed by atoms with E-state index in [-0.39, 0.29) is 24.1 Å². The number of rotatable bonds is 6. The third-order valence-corrected chi connectivity index (χ3v) is 5.27. The molecule has 1 aromatic heterocycles. The van der Waals surface area contributed by atoms with Gasteiger partial charge in [0.1, 0.15) is 12.4 Å². The summed E-state index contributed by atoms with van der Waals surface area (Å²) in [5.74, 6) is -2.24. The summed E-state index contributed by atoms with van der Waals surface area (Å²) >= 11 is 0. The summed E-state index contributed by atoms with van der Waals surface area (Å²) in [4.78, 5) is 18.3. The largest absolute Gasteiger partial charge is 0.449 e. The monoisotopic (exact) mass is 466 g/mol. The molecule has 1 heterocycles. The first kappa shape index (κ1) is 23.0. The number of carbonyl (C=O) groups is 1. The molecule has 0 aliphatic carbocycles. The van der Waals surface area contributed by atoms with Crippen molar-refractivity contribution in [3.05, 3.63) is 101 Å². The van der Waals surface area contributed by atoms with Crippen LogP contribution in [0.1, 0.15) is 22.5 Å². The minimum absolute atomic E-state index is 0.00935. The smallest absolute Gasteiger partial charge is 0.332 e. The first-order valence-corrected chi connectivity index (χ1v) is 10.3. The number of alkyl halides is 3. The zero-order valence-corrected chi connectivity index (χ0v) is 17.8. The molecule has 0 atom stereocenters. The first-order chi connectivity index (χ1) is 16.2. The Morgan fingerprint density at radius 2 is 1.68 bits per heavy atom. The van der Waals surface area contributed by atoms with E-state index in [0.717, 1.165) is 4.57 Å². The lowest BCUT2D eigenvalue weighted by Gasteiger charge is -2.24. The van der Waals surface area contributed by atoms with Crippen LogP contribution in [0.15, 0.2) is 72.8 Å². The maximum absolute atomic E-state index is 13.7. The quantitative estimate of drug-likeness (QED) is 0.363. The molecule has 34 heavy (non-hydrogen) atoms. The maximum atomic E-state index is 13.7. The predicted molar refractivity (Wildman–Crippen MR) is 117 cm³/mol. The lowest BCUT2D eigenvalue weighted by atomic mass is 10.1. The van der Waals surface area contributed by atoms with Crippen LogP contribution in [0.5, 0.6) is 0 Å². The summed E-state index contributed by atoms with van der Waals surface area (Å²) in [6.45, 7) is -0.541. The topological polar surface area (TPSA) is 61.9 Å². The molecule has 0 aliphatic rings. The van der Waals surface area contributed by atoms with Gasteiger partial charge in [0.15, 0.2) is 0 Å². The second kappa shape index (κ2) is 9.35. The second-order valence-electron chi connectivity index (χ2n) is 7.70. The van der Waals surface area contributed by atoms with Gasteiger partial charge < -0.3 is 9.47 Å². The molecule has 4 aromatic rings. The zero-order valence-electron chi connectivity index (χ0n) is 17.8. The van der Waals surface area contributed by atoms with Crippen LogP contribution in [0.2, 0.25) is 0 Å². The molecule has 5 nitrogen and oxygen atoms in total. The number of nitrogens with zero attached hydrogens (tertiary/aromatic N) is 4. The van der Waals surface area contributed by atoms with E-state index in [4.69, 9.17) is 5.26 Å². The molecule has 0 N–H and O–H groups in total. The summed E-state index contributed by atoms with van der Waals surface area (Å²) in [5.41, 5.74) is 1.92. The van der Waals surface area contributed by atoms with Crippen LogP contribution in [-0.2, 0) is 30.6 Å². The summed E-state index contributed by atoms with van der Waals surface area (Å²) in [7, 11) is 0. The van der Waals surface area contributed by atoms with E-state index >= 15 is 0 Å². The van der Waals surface area contributed by atoms with Crippen molar-refractivity contribution >= 4 is 16.9 Å². The molecule has 0 aliphatic heterocycles. The van der Waals surface area contributed by atoms with Crippen molar-refractivity contribution in [3.63, 3.8) is 0 Å². The molecule has 1 amide bonds. The Hall–Kier alpha value is -4.19. The lowest BCUT2D eigenvalue weighted by Crippen LogP contribution is -2.34. The Morgan fingerprint density at radius 3 is 2.35 bits per heavy atom. The van der Waals surface area contributed by atoms with Gasteiger partial charge in [-0.05, 0) is 47.5 Å². The highest BCUT2D eigenvalue weighted by Gasteiger charge is 2.38. The number of nitriles is 1. The highest BCUT2D eigenvalue weighted by Crippen LogP contribution is 2.31. The standard InChI is InChI=1S/C25H18F4N4O/c26-20-5-3-4-19(12-20)15-32(14-18-10-8-17(13-30)9-11-18)23(34)16-33-22-7-2-1-6-21(22)31-24(33)25(27,28)29/h1-12H,14-16H2. The lowest BCUT2D eigenvalue weighted by molar-refractivity contribution is -0.148. The summed E-state index contributed by atoms with van der Waals surface area (Å²) in [5, 5.41) is 8.99. The number of para-hydroxylation sites is 2. The Kier molecular flexibility index (Phi) is 6.32. The average Bonchev–Trinajstić information content (AvgIpc) is 3.18. The number of halogens is 4. The van der Waals surface area contributed by atoms with Gasteiger partial charge in [-0.2, -0.15) is 18.4 Å². The van der Waals surface area contributed by atoms with E-state index in [1.165, 1.54) is 35.2 Å². The molecule has 0 unspecified atom stereocenters. The van der Waals surface area contributed by atoms with Crippen LogP contribution in [-0.4, -0.2) is 20.4 Å². The Morgan fingerprint density at radius 1 is 0.971 bits per heavy atom. The molecule has 0 bridgehead atoms. The van der Waals surface area contributed by atoms with Gasteiger partial charge in [-0.1, -0.05) is 36.4 Å². The summed E-state index contributed by atoms with van der Waals surface area (Å²) < 4.78 is 55.6. The third-order valence-electron chi connectivity index (χ3n) is 5.27. The molecule has 0 radical (unpaired) electrons. The molecule has 0 saturated carbocycles. The molecule has 9 heteroatoms. The second-order valence-corrected chi connectivity index (χ2v) is 7.70. The average molecular weight is 466 g/mol. The molecule has 0 fully saturated rings. The fourth-order valence-electron chi connectivity index (χ4n) is 3.68. The number of amides is 1. The van der Waals surface area contributed by atoms with Gasteiger partial charge in [-0.25, -0.2) is 9.37 Å². The van der Waals surface area contributed by atoms with Crippen molar-refractivity contribution in [3.8, 4) is 6.07 Å². The number of hydrogen-bond donors (Lipinski definition) is 0. The maximum Gasteiger partial charge on any atom is 0.449 e. The van der Waals surface area contributed by atoms with Gasteiger partial charge in [0, 0.05) is 13.1 Å². The van der Waals surface area contributed by atoms with E-state index in [9.17, 15) is 22.4 Å². The fraction of sp³-hybridized carbons (Fsp3) is 0.160. The number of fused-ring (bicyclic) bond motifs is 1. The van der Waals surface area contributed by atoms with Crippen LogP contribution in [0.4, 0.5) is 17.6 Å². The van der Waals surface area contributed by atoms with Crippen LogP contribution in [0, 0.1) is 17.1 Å². The third kappa shape index (κ3) is 5.07. The first-order valence-electron chi connectivity index (χ1n) is 10.3.